The molecule has 0 aliphatic rings. The van der Waals surface area contributed by atoms with E-state index in [0.717, 1.165) is 5.56 Å². The summed E-state index contributed by atoms with van der Waals surface area (Å²) in [4.78, 5) is 28.0. The van der Waals surface area contributed by atoms with Crippen molar-refractivity contribution in [1.29, 1.82) is 0 Å². The van der Waals surface area contributed by atoms with Gasteiger partial charge in [0.2, 0.25) is 5.88 Å². The molecule has 0 aliphatic carbocycles. The number of carbonyl (C=O) groups is 2. The number of nitrogens with one attached hydrogen (secondary N) is 2. The molecular formula is C18H21N3O3. The molecule has 0 aliphatic heterocycles. The monoisotopic (exact) mass is 327 g/mol. The maximum Gasteiger partial charge on any atom is 0.257 e. The predicted octanol–water partition coefficient (Wildman–Crippen LogP) is 2.16. The molecule has 2 aromatic rings. The van der Waals surface area contributed by atoms with Crippen molar-refractivity contribution in [1.82, 2.24) is 15.6 Å². The lowest BCUT2D eigenvalue weighted by atomic mass is 10.1. The van der Waals surface area contributed by atoms with Gasteiger partial charge in [-0.05, 0) is 43.7 Å². The van der Waals surface area contributed by atoms with Crippen LogP contribution < -0.4 is 15.4 Å². The van der Waals surface area contributed by atoms with Gasteiger partial charge < -0.3 is 15.4 Å². The summed E-state index contributed by atoms with van der Waals surface area (Å²) in [6.07, 6.45) is 1.59. The van der Waals surface area contributed by atoms with Crippen LogP contribution in [0.15, 0.2) is 42.6 Å². The summed E-state index contributed by atoms with van der Waals surface area (Å²) >= 11 is 0. The van der Waals surface area contributed by atoms with Gasteiger partial charge in [0.25, 0.3) is 11.8 Å². The first-order valence-corrected chi connectivity index (χ1v) is 7.88. The Hall–Kier alpha value is -2.89. The lowest BCUT2D eigenvalue weighted by Crippen LogP contribution is -2.24. The highest BCUT2D eigenvalue weighted by Gasteiger charge is 2.13. The molecule has 1 aromatic carbocycles. The summed E-state index contributed by atoms with van der Waals surface area (Å²) in [7, 11) is 0. The van der Waals surface area contributed by atoms with E-state index < -0.39 is 0 Å². The lowest BCUT2D eigenvalue weighted by Gasteiger charge is -2.10. The highest BCUT2D eigenvalue weighted by atomic mass is 16.5. The van der Waals surface area contributed by atoms with E-state index >= 15 is 0 Å². The highest BCUT2D eigenvalue weighted by Crippen LogP contribution is 2.14. The molecule has 2 rings (SSSR count). The van der Waals surface area contributed by atoms with Crippen molar-refractivity contribution in [3.63, 3.8) is 0 Å². The molecule has 0 atom stereocenters. The van der Waals surface area contributed by atoms with Crippen molar-refractivity contribution < 1.29 is 14.3 Å². The van der Waals surface area contributed by atoms with Crippen molar-refractivity contribution in [2.45, 2.75) is 20.4 Å². The summed E-state index contributed by atoms with van der Waals surface area (Å²) in [5.74, 6) is -0.0340. The van der Waals surface area contributed by atoms with E-state index in [1.54, 1.807) is 30.5 Å². The zero-order valence-electron chi connectivity index (χ0n) is 13.8. The normalized spacial score (nSPS) is 10.1. The van der Waals surface area contributed by atoms with Gasteiger partial charge in [0.05, 0.1) is 6.61 Å². The van der Waals surface area contributed by atoms with Crippen molar-refractivity contribution in [3.8, 4) is 5.88 Å². The van der Waals surface area contributed by atoms with E-state index in [-0.39, 0.29) is 11.8 Å². The van der Waals surface area contributed by atoms with E-state index in [2.05, 4.69) is 15.6 Å². The fraction of sp³-hybridized carbons (Fsp3) is 0.278. The Balaban J connectivity index is 1.98. The quantitative estimate of drug-likeness (QED) is 0.816. The topological polar surface area (TPSA) is 80.3 Å². The van der Waals surface area contributed by atoms with Gasteiger partial charge in [-0.25, -0.2) is 4.98 Å². The fourth-order valence-electron chi connectivity index (χ4n) is 2.13. The van der Waals surface area contributed by atoms with Gasteiger partial charge in [0.15, 0.2) is 0 Å². The molecular weight excluding hydrogens is 306 g/mol. The van der Waals surface area contributed by atoms with Crippen LogP contribution in [0.2, 0.25) is 0 Å². The Morgan fingerprint density at radius 1 is 1.04 bits per heavy atom. The molecule has 1 aromatic heterocycles. The Kier molecular flexibility index (Phi) is 6.31. The highest BCUT2D eigenvalue weighted by molar-refractivity contribution is 5.96. The number of ether oxygens (including phenoxy) is 1. The molecule has 2 N–H and O–H groups in total. The summed E-state index contributed by atoms with van der Waals surface area (Å²) in [6.45, 7) is 5.10. The number of benzene rings is 1. The van der Waals surface area contributed by atoms with Crippen molar-refractivity contribution in [2.24, 2.45) is 0 Å². The van der Waals surface area contributed by atoms with E-state index in [1.807, 2.05) is 26.0 Å². The number of pyridine rings is 1. The van der Waals surface area contributed by atoms with Crippen LogP contribution in [0, 0.1) is 0 Å². The van der Waals surface area contributed by atoms with Crippen molar-refractivity contribution >= 4 is 11.8 Å². The van der Waals surface area contributed by atoms with Crippen molar-refractivity contribution in [2.75, 3.05) is 13.2 Å². The molecule has 126 valence electrons. The Bertz CT molecular complexity index is 699. The minimum atomic E-state index is -0.251. The van der Waals surface area contributed by atoms with Crippen LogP contribution in [0.4, 0.5) is 0 Å². The molecule has 6 heteroatoms. The Morgan fingerprint density at radius 3 is 2.46 bits per heavy atom. The van der Waals surface area contributed by atoms with Gasteiger partial charge in [-0.3, -0.25) is 9.59 Å². The second kappa shape index (κ2) is 8.67. The van der Waals surface area contributed by atoms with Gasteiger partial charge in [0.1, 0.15) is 5.56 Å². The van der Waals surface area contributed by atoms with E-state index in [9.17, 15) is 9.59 Å². The number of aromatic nitrogens is 1. The number of amides is 2. The SMILES string of the molecule is CCNC(=O)c1ccc(CNC(=O)c2cccnc2OCC)cc1. The third kappa shape index (κ3) is 4.55. The summed E-state index contributed by atoms with van der Waals surface area (Å²) in [5, 5.41) is 5.57. The summed E-state index contributed by atoms with van der Waals surface area (Å²) in [5.41, 5.74) is 1.90. The molecule has 0 saturated heterocycles. The maximum absolute atomic E-state index is 12.3. The van der Waals surface area contributed by atoms with Gasteiger partial charge >= 0.3 is 0 Å². The Morgan fingerprint density at radius 2 is 1.79 bits per heavy atom. The molecule has 1 heterocycles. The Labute approximate surface area is 141 Å². The first-order chi connectivity index (χ1) is 11.7. The fourth-order valence-corrected chi connectivity index (χ4v) is 2.13. The third-order valence-corrected chi connectivity index (χ3v) is 3.30. The molecule has 0 unspecified atom stereocenters. The molecule has 0 spiro atoms. The lowest BCUT2D eigenvalue weighted by molar-refractivity contribution is 0.0940. The first kappa shape index (κ1) is 17.5. The maximum atomic E-state index is 12.3. The smallest absolute Gasteiger partial charge is 0.257 e. The number of nitrogens with zero attached hydrogens (tertiary/aromatic N) is 1. The second-order valence-electron chi connectivity index (χ2n) is 5.03. The van der Waals surface area contributed by atoms with Crippen LogP contribution in [0.3, 0.4) is 0 Å². The molecule has 0 saturated carbocycles. The van der Waals surface area contributed by atoms with Crippen LogP contribution in [0.25, 0.3) is 0 Å². The van der Waals surface area contributed by atoms with Gasteiger partial charge in [-0.15, -0.1) is 0 Å². The predicted molar refractivity (Wildman–Crippen MR) is 91.0 cm³/mol. The van der Waals surface area contributed by atoms with Crippen LogP contribution in [-0.4, -0.2) is 29.9 Å². The number of carbonyl (C=O) groups excluding carboxylic acids is 2. The summed E-state index contributed by atoms with van der Waals surface area (Å²) in [6, 6.07) is 10.5. The van der Waals surface area contributed by atoms with Gasteiger partial charge in [0, 0.05) is 24.8 Å². The van der Waals surface area contributed by atoms with Crippen molar-refractivity contribution in [3.05, 3.63) is 59.3 Å². The zero-order chi connectivity index (χ0) is 17.4. The minimum absolute atomic E-state index is 0.107. The zero-order valence-corrected chi connectivity index (χ0v) is 13.8. The van der Waals surface area contributed by atoms with Crippen LogP contribution in [0.5, 0.6) is 5.88 Å². The first-order valence-electron chi connectivity index (χ1n) is 7.88. The second-order valence-corrected chi connectivity index (χ2v) is 5.03. The molecule has 2 amide bonds. The average molecular weight is 327 g/mol. The summed E-state index contributed by atoms with van der Waals surface area (Å²) < 4.78 is 5.36. The molecule has 0 radical (unpaired) electrons. The molecule has 24 heavy (non-hydrogen) atoms. The van der Waals surface area contributed by atoms with Gasteiger partial charge in [-0.2, -0.15) is 0 Å². The van der Waals surface area contributed by atoms with Crippen LogP contribution in [-0.2, 0) is 6.54 Å². The van der Waals surface area contributed by atoms with Gasteiger partial charge in [-0.1, -0.05) is 12.1 Å². The number of hydrogen-bond donors (Lipinski definition) is 2. The minimum Gasteiger partial charge on any atom is -0.477 e. The van der Waals surface area contributed by atoms with E-state index in [0.29, 0.717) is 36.7 Å². The molecule has 0 fully saturated rings. The largest absolute Gasteiger partial charge is 0.477 e. The number of rotatable bonds is 7. The average Bonchev–Trinajstić information content (AvgIpc) is 2.61. The van der Waals surface area contributed by atoms with Crippen LogP contribution >= 0.6 is 0 Å². The van der Waals surface area contributed by atoms with E-state index in [4.69, 9.17) is 4.74 Å². The third-order valence-electron chi connectivity index (χ3n) is 3.30. The number of hydrogen-bond acceptors (Lipinski definition) is 4. The van der Waals surface area contributed by atoms with Crippen LogP contribution in [0.1, 0.15) is 40.1 Å². The van der Waals surface area contributed by atoms with E-state index in [1.165, 1.54) is 0 Å². The molecule has 6 nitrogen and oxygen atoms in total. The standard InChI is InChI=1S/C18H21N3O3/c1-3-19-16(22)14-9-7-13(8-10-14)12-21-17(23)15-6-5-11-20-18(15)24-4-2/h5-11H,3-4,12H2,1-2H3,(H,19,22)(H,21,23). The molecule has 0 bridgehead atoms.